The third-order valence-corrected chi connectivity index (χ3v) is 7.97. The Morgan fingerprint density at radius 3 is 2.43 bits per heavy atom. The fourth-order valence-corrected chi connectivity index (χ4v) is 5.65. The summed E-state index contributed by atoms with van der Waals surface area (Å²) < 4.78 is 5.38. The largest absolute Gasteiger partial charge is 0.508 e. The molecule has 216 valence electrons. The first kappa shape index (κ1) is 28.5. The molecule has 44 heavy (non-hydrogen) atoms. The molecule has 0 aliphatic heterocycles. The van der Waals surface area contributed by atoms with E-state index in [1.165, 1.54) is 23.9 Å². The van der Waals surface area contributed by atoms with Gasteiger partial charge in [0.25, 0.3) is 11.8 Å². The first-order valence-corrected chi connectivity index (χ1v) is 14.8. The molecule has 0 fully saturated rings. The Kier molecular flexibility index (Phi) is 8.25. The lowest BCUT2D eigenvalue weighted by Crippen LogP contribution is -2.30. The molecule has 0 saturated heterocycles. The van der Waals surface area contributed by atoms with E-state index >= 15 is 0 Å². The number of rotatable bonds is 8. The standard InChI is InChI=1S/C36H26N2O5S/c39-29-17-16-26-18-27(36(42)43-33(26)21-29)22-44-30-14-7-13-28(20-30)37-35(41)32(38-34(40)24-9-2-1-3-10-24)19-25-12-6-11-23-8-4-5-15-31(23)25/h1-21,39H,22H2,(H,37,41)(H,38,40)/b32-19-. The Bertz CT molecular complexity index is 2100. The maximum absolute atomic E-state index is 13.6. The van der Waals surface area contributed by atoms with Crippen molar-refractivity contribution in [3.63, 3.8) is 0 Å². The fraction of sp³-hybridized carbons (Fsp3) is 0.0278. The van der Waals surface area contributed by atoms with Gasteiger partial charge < -0.3 is 20.2 Å². The molecule has 0 bridgehead atoms. The van der Waals surface area contributed by atoms with E-state index in [-0.39, 0.29) is 11.4 Å². The summed E-state index contributed by atoms with van der Waals surface area (Å²) in [7, 11) is 0. The second kappa shape index (κ2) is 12.7. The number of phenols is 1. The number of nitrogens with one attached hydrogen (secondary N) is 2. The number of carbonyl (C=O) groups excluding carboxylic acids is 2. The van der Waals surface area contributed by atoms with Gasteiger partial charge in [-0.25, -0.2) is 4.79 Å². The first-order chi connectivity index (χ1) is 21.4. The summed E-state index contributed by atoms with van der Waals surface area (Å²) in [4.78, 5) is 40.1. The van der Waals surface area contributed by atoms with Crippen LogP contribution in [0, 0.1) is 0 Å². The molecule has 6 rings (SSSR count). The van der Waals surface area contributed by atoms with Gasteiger partial charge in [0.15, 0.2) is 0 Å². The van der Waals surface area contributed by atoms with E-state index in [0.717, 1.165) is 21.2 Å². The zero-order valence-electron chi connectivity index (χ0n) is 23.3. The number of hydrogen-bond donors (Lipinski definition) is 3. The minimum absolute atomic E-state index is 0.0244. The number of aromatic hydroxyl groups is 1. The maximum atomic E-state index is 13.6. The zero-order chi connectivity index (χ0) is 30.5. The van der Waals surface area contributed by atoms with E-state index in [2.05, 4.69) is 10.6 Å². The zero-order valence-corrected chi connectivity index (χ0v) is 24.1. The number of carbonyl (C=O) groups is 2. The predicted octanol–water partition coefficient (Wildman–Crippen LogP) is 7.35. The van der Waals surface area contributed by atoms with Gasteiger partial charge in [0.2, 0.25) is 0 Å². The van der Waals surface area contributed by atoms with Gasteiger partial charge >= 0.3 is 5.63 Å². The van der Waals surface area contributed by atoms with Crippen molar-refractivity contribution < 1.29 is 19.1 Å². The van der Waals surface area contributed by atoms with Crippen molar-refractivity contribution in [2.75, 3.05) is 5.32 Å². The molecule has 2 amide bonds. The van der Waals surface area contributed by atoms with Gasteiger partial charge in [-0.2, -0.15) is 0 Å². The number of fused-ring (bicyclic) bond motifs is 2. The lowest BCUT2D eigenvalue weighted by Gasteiger charge is -2.13. The molecular weight excluding hydrogens is 572 g/mol. The number of amides is 2. The van der Waals surface area contributed by atoms with Crippen LogP contribution >= 0.6 is 11.8 Å². The predicted molar refractivity (Wildman–Crippen MR) is 175 cm³/mol. The van der Waals surface area contributed by atoms with Crippen LogP contribution in [0.25, 0.3) is 27.8 Å². The van der Waals surface area contributed by atoms with Crippen LogP contribution in [0.4, 0.5) is 5.69 Å². The van der Waals surface area contributed by atoms with Gasteiger partial charge in [0.05, 0.1) is 0 Å². The maximum Gasteiger partial charge on any atom is 0.340 e. The van der Waals surface area contributed by atoms with Crippen molar-refractivity contribution in [2.45, 2.75) is 10.6 Å². The van der Waals surface area contributed by atoms with Crippen molar-refractivity contribution in [1.82, 2.24) is 5.32 Å². The Morgan fingerprint density at radius 1 is 0.795 bits per heavy atom. The molecule has 1 heterocycles. The monoisotopic (exact) mass is 598 g/mol. The van der Waals surface area contributed by atoms with Gasteiger partial charge in [0.1, 0.15) is 17.0 Å². The topological polar surface area (TPSA) is 109 Å². The van der Waals surface area contributed by atoms with Crippen LogP contribution in [0.5, 0.6) is 5.75 Å². The highest BCUT2D eigenvalue weighted by molar-refractivity contribution is 7.98. The third kappa shape index (κ3) is 6.56. The van der Waals surface area contributed by atoms with E-state index in [4.69, 9.17) is 4.42 Å². The summed E-state index contributed by atoms with van der Waals surface area (Å²) in [5.74, 6) is -0.518. The van der Waals surface area contributed by atoms with E-state index in [1.54, 1.807) is 60.7 Å². The molecule has 8 heteroatoms. The molecule has 0 spiro atoms. The first-order valence-electron chi connectivity index (χ1n) is 13.8. The number of phenolic OH excluding ortho intramolecular Hbond substituents is 1. The number of benzene rings is 5. The van der Waals surface area contributed by atoms with E-state index in [9.17, 15) is 19.5 Å². The highest BCUT2D eigenvalue weighted by Crippen LogP contribution is 2.27. The van der Waals surface area contributed by atoms with Crippen LogP contribution in [0.15, 0.2) is 141 Å². The highest BCUT2D eigenvalue weighted by Gasteiger charge is 2.16. The van der Waals surface area contributed by atoms with Crippen LogP contribution in [-0.2, 0) is 10.5 Å². The molecule has 0 aliphatic carbocycles. The number of anilines is 1. The van der Waals surface area contributed by atoms with E-state index < -0.39 is 17.4 Å². The summed E-state index contributed by atoms with van der Waals surface area (Å²) in [6, 6.07) is 36.0. The Labute approximate surface area is 256 Å². The molecule has 7 nitrogen and oxygen atoms in total. The molecule has 0 aliphatic rings. The van der Waals surface area contributed by atoms with Crippen LogP contribution in [0.2, 0.25) is 0 Å². The van der Waals surface area contributed by atoms with Gasteiger partial charge in [-0.05, 0) is 70.9 Å². The van der Waals surface area contributed by atoms with E-state index in [1.807, 2.05) is 54.6 Å². The molecule has 0 unspecified atom stereocenters. The van der Waals surface area contributed by atoms with Crippen molar-refractivity contribution in [3.8, 4) is 5.75 Å². The number of thioether (sulfide) groups is 1. The molecule has 0 radical (unpaired) electrons. The second-order valence-corrected chi connectivity index (χ2v) is 11.0. The van der Waals surface area contributed by atoms with Crippen LogP contribution < -0.4 is 16.3 Å². The van der Waals surface area contributed by atoms with Crippen LogP contribution in [-0.4, -0.2) is 16.9 Å². The van der Waals surface area contributed by atoms with Gasteiger partial charge in [-0.15, -0.1) is 11.8 Å². The summed E-state index contributed by atoms with van der Waals surface area (Å²) >= 11 is 1.42. The summed E-state index contributed by atoms with van der Waals surface area (Å²) in [6.07, 6.45) is 1.68. The second-order valence-electron chi connectivity index (χ2n) is 10.00. The molecule has 0 atom stereocenters. The normalized spacial score (nSPS) is 11.4. The fourth-order valence-electron chi connectivity index (χ4n) is 4.74. The molecule has 5 aromatic carbocycles. The van der Waals surface area contributed by atoms with Gasteiger partial charge in [-0.1, -0.05) is 66.7 Å². The minimum atomic E-state index is -0.484. The smallest absolute Gasteiger partial charge is 0.340 e. The molecular formula is C36H26N2O5S. The van der Waals surface area contributed by atoms with Gasteiger partial charge in [0, 0.05) is 38.9 Å². The van der Waals surface area contributed by atoms with Crippen LogP contribution in [0.1, 0.15) is 21.5 Å². The summed E-state index contributed by atoms with van der Waals surface area (Å²) in [6.45, 7) is 0. The molecule has 6 aromatic rings. The van der Waals surface area contributed by atoms with Gasteiger partial charge in [-0.3, -0.25) is 9.59 Å². The summed E-state index contributed by atoms with van der Waals surface area (Å²) in [5, 5.41) is 18.0. The third-order valence-electron chi connectivity index (χ3n) is 6.93. The number of hydrogen-bond acceptors (Lipinski definition) is 6. The highest BCUT2D eigenvalue weighted by atomic mass is 32.2. The lowest BCUT2D eigenvalue weighted by atomic mass is 10.0. The Balaban J connectivity index is 1.24. The van der Waals surface area contributed by atoms with E-state index in [0.29, 0.717) is 33.5 Å². The molecule has 0 saturated carbocycles. The van der Waals surface area contributed by atoms with Crippen molar-refractivity contribution in [1.29, 1.82) is 0 Å². The molecule has 1 aromatic heterocycles. The Morgan fingerprint density at radius 2 is 1.57 bits per heavy atom. The van der Waals surface area contributed by atoms with Crippen molar-refractivity contribution in [3.05, 3.63) is 154 Å². The lowest BCUT2D eigenvalue weighted by molar-refractivity contribution is -0.113. The quantitative estimate of drug-likeness (QED) is 0.0960. The minimum Gasteiger partial charge on any atom is -0.508 e. The van der Waals surface area contributed by atoms with Crippen molar-refractivity contribution >= 4 is 57.1 Å². The SMILES string of the molecule is O=C(Nc1cccc(SCc2cc3ccc(O)cc3oc2=O)c1)/C(=C/c1cccc2ccccc12)NC(=O)c1ccccc1. The average molecular weight is 599 g/mol. The Hall–Kier alpha value is -5.60. The molecule has 3 N–H and O–H groups in total. The van der Waals surface area contributed by atoms with Crippen LogP contribution in [0.3, 0.4) is 0 Å². The van der Waals surface area contributed by atoms with Crippen molar-refractivity contribution in [2.24, 2.45) is 0 Å². The average Bonchev–Trinajstić information content (AvgIpc) is 3.04. The summed E-state index contributed by atoms with van der Waals surface area (Å²) in [5.41, 5.74) is 2.16.